The maximum Gasteiger partial charge on any atom is 0.218 e. The molecule has 5 nitrogen and oxygen atoms in total. The number of rotatable bonds is 8. The number of aromatic nitrogens is 2. The Morgan fingerprint density at radius 2 is 2.06 bits per heavy atom. The number of hydrogen-bond donors (Lipinski definition) is 1. The van der Waals surface area contributed by atoms with Crippen molar-refractivity contribution in [1.82, 2.24) is 9.97 Å². The van der Waals surface area contributed by atoms with Crippen LogP contribution in [0.1, 0.15) is 33.0 Å². The first-order valence-corrected chi connectivity index (χ1v) is 6.45. The lowest BCUT2D eigenvalue weighted by atomic mass is 10.3. The van der Waals surface area contributed by atoms with Crippen molar-refractivity contribution in [2.45, 2.75) is 39.7 Å². The van der Waals surface area contributed by atoms with Crippen molar-refractivity contribution in [3.8, 4) is 5.88 Å². The van der Waals surface area contributed by atoms with E-state index in [9.17, 15) is 0 Å². The van der Waals surface area contributed by atoms with Crippen LogP contribution in [0.3, 0.4) is 0 Å². The summed E-state index contributed by atoms with van der Waals surface area (Å²) >= 11 is 0. The van der Waals surface area contributed by atoms with Gasteiger partial charge < -0.3 is 14.8 Å². The topological polar surface area (TPSA) is 56.3 Å². The van der Waals surface area contributed by atoms with E-state index >= 15 is 0 Å². The number of nitrogens with one attached hydrogen (secondary N) is 1. The van der Waals surface area contributed by atoms with Gasteiger partial charge in [-0.1, -0.05) is 6.92 Å². The van der Waals surface area contributed by atoms with Crippen LogP contribution in [0.5, 0.6) is 5.88 Å². The second-order valence-electron chi connectivity index (χ2n) is 4.28. The summed E-state index contributed by atoms with van der Waals surface area (Å²) < 4.78 is 11.0. The van der Waals surface area contributed by atoms with E-state index in [0.717, 1.165) is 24.5 Å². The van der Waals surface area contributed by atoms with Crippen molar-refractivity contribution < 1.29 is 9.47 Å². The Morgan fingerprint density at radius 1 is 1.28 bits per heavy atom. The van der Waals surface area contributed by atoms with Gasteiger partial charge in [-0.05, 0) is 20.3 Å². The van der Waals surface area contributed by atoms with Crippen LogP contribution in [-0.2, 0) is 11.2 Å². The Balaban J connectivity index is 2.55. The zero-order valence-corrected chi connectivity index (χ0v) is 11.7. The van der Waals surface area contributed by atoms with E-state index < -0.39 is 0 Å². The first-order valence-electron chi connectivity index (χ1n) is 6.45. The van der Waals surface area contributed by atoms with Gasteiger partial charge in [-0.25, -0.2) is 4.98 Å². The van der Waals surface area contributed by atoms with E-state index in [1.165, 1.54) is 0 Å². The highest BCUT2D eigenvalue weighted by Crippen LogP contribution is 2.14. The second kappa shape index (κ2) is 7.87. The lowest BCUT2D eigenvalue weighted by Gasteiger charge is -2.10. The lowest BCUT2D eigenvalue weighted by molar-refractivity contribution is 0.0542. The average Bonchev–Trinajstić information content (AvgIpc) is 2.34. The molecule has 18 heavy (non-hydrogen) atoms. The van der Waals surface area contributed by atoms with Crippen molar-refractivity contribution in [3.63, 3.8) is 0 Å². The fourth-order valence-electron chi connectivity index (χ4n) is 1.44. The lowest BCUT2D eigenvalue weighted by Crippen LogP contribution is -2.12. The third-order valence-electron chi connectivity index (χ3n) is 2.26. The molecule has 1 N–H and O–H groups in total. The molecule has 1 rings (SSSR count). The molecule has 0 spiro atoms. The standard InChI is InChI=1S/C13H23N3O2/c1-5-6-11-15-12(14-4)9-13(16-11)18-8-7-17-10(2)3/h9-10H,5-8H2,1-4H3,(H,14,15,16). The predicted molar refractivity (Wildman–Crippen MR) is 72.2 cm³/mol. The zero-order valence-electron chi connectivity index (χ0n) is 11.7. The van der Waals surface area contributed by atoms with E-state index in [-0.39, 0.29) is 6.10 Å². The summed E-state index contributed by atoms with van der Waals surface area (Å²) in [6, 6.07) is 1.80. The second-order valence-corrected chi connectivity index (χ2v) is 4.28. The van der Waals surface area contributed by atoms with Crippen LogP contribution < -0.4 is 10.1 Å². The molecular weight excluding hydrogens is 230 g/mol. The Bertz CT molecular complexity index is 356. The highest BCUT2D eigenvalue weighted by atomic mass is 16.5. The first kappa shape index (κ1) is 14.7. The molecule has 0 aliphatic rings. The number of anilines is 1. The maximum atomic E-state index is 5.57. The quantitative estimate of drug-likeness (QED) is 0.720. The SMILES string of the molecule is CCCc1nc(NC)cc(OCCOC(C)C)n1. The van der Waals surface area contributed by atoms with Crippen LogP contribution >= 0.6 is 0 Å². The molecule has 0 atom stereocenters. The molecule has 1 aromatic heterocycles. The molecule has 5 heteroatoms. The fraction of sp³-hybridized carbons (Fsp3) is 0.692. The van der Waals surface area contributed by atoms with Crippen molar-refractivity contribution in [1.29, 1.82) is 0 Å². The van der Waals surface area contributed by atoms with Gasteiger partial charge in [0.2, 0.25) is 5.88 Å². The van der Waals surface area contributed by atoms with E-state index in [1.807, 2.05) is 20.9 Å². The summed E-state index contributed by atoms with van der Waals surface area (Å²) in [5.74, 6) is 2.20. The van der Waals surface area contributed by atoms with Crippen molar-refractivity contribution in [2.24, 2.45) is 0 Å². The normalized spacial score (nSPS) is 10.7. The minimum absolute atomic E-state index is 0.225. The van der Waals surface area contributed by atoms with E-state index in [0.29, 0.717) is 19.1 Å². The van der Waals surface area contributed by atoms with Gasteiger partial charge >= 0.3 is 0 Å². The Hall–Kier alpha value is -1.36. The number of nitrogens with zero attached hydrogens (tertiary/aromatic N) is 2. The van der Waals surface area contributed by atoms with Crippen molar-refractivity contribution in [3.05, 3.63) is 11.9 Å². The van der Waals surface area contributed by atoms with Crippen LogP contribution in [0.15, 0.2) is 6.07 Å². The molecule has 0 saturated carbocycles. The summed E-state index contributed by atoms with van der Waals surface area (Å²) in [6.45, 7) is 7.18. The van der Waals surface area contributed by atoms with E-state index in [1.54, 1.807) is 6.07 Å². The minimum Gasteiger partial charge on any atom is -0.475 e. The van der Waals surface area contributed by atoms with Crippen molar-refractivity contribution in [2.75, 3.05) is 25.6 Å². The van der Waals surface area contributed by atoms with Gasteiger partial charge in [0.25, 0.3) is 0 Å². The summed E-state index contributed by atoms with van der Waals surface area (Å²) in [5, 5.41) is 3.01. The highest BCUT2D eigenvalue weighted by Gasteiger charge is 2.04. The van der Waals surface area contributed by atoms with Gasteiger partial charge in [-0.3, -0.25) is 0 Å². The van der Waals surface area contributed by atoms with Crippen LogP contribution in [0.2, 0.25) is 0 Å². The molecule has 1 aromatic rings. The van der Waals surface area contributed by atoms with Crippen LogP contribution in [0.4, 0.5) is 5.82 Å². The van der Waals surface area contributed by atoms with E-state index in [2.05, 4.69) is 22.2 Å². The molecule has 0 aliphatic heterocycles. The van der Waals surface area contributed by atoms with Gasteiger partial charge in [0.05, 0.1) is 12.7 Å². The highest BCUT2D eigenvalue weighted by molar-refractivity contribution is 5.37. The molecule has 0 unspecified atom stereocenters. The monoisotopic (exact) mass is 253 g/mol. The zero-order chi connectivity index (χ0) is 13.4. The number of aryl methyl sites for hydroxylation is 1. The minimum atomic E-state index is 0.225. The molecule has 0 radical (unpaired) electrons. The van der Waals surface area contributed by atoms with Gasteiger partial charge in [-0.2, -0.15) is 4.98 Å². The summed E-state index contributed by atoms with van der Waals surface area (Å²) in [5.41, 5.74) is 0. The molecule has 0 amide bonds. The average molecular weight is 253 g/mol. The van der Waals surface area contributed by atoms with E-state index in [4.69, 9.17) is 9.47 Å². The maximum absolute atomic E-state index is 5.57. The largest absolute Gasteiger partial charge is 0.475 e. The summed E-state index contributed by atoms with van der Waals surface area (Å²) in [6.07, 6.45) is 2.10. The third kappa shape index (κ3) is 5.31. The molecule has 0 saturated heterocycles. The Morgan fingerprint density at radius 3 is 2.67 bits per heavy atom. The van der Waals surface area contributed by atoms with Gasteiger partial charge in [0, 0.05) is 19.5 Å². The molecule has 102 valence electrons. The molecule has 0 aliphatic carbocycles. The van der Waals surface area contributed by atoms with Crippen molar-refractivity contribution >= 4 is 5.82 Å². The van der Waals surface area contributed by atoms with Crippen LogP contribution in [0.25, 0.3) is 0 Å². The Labute approximate surface area is 109 Å². The molecule has 0 bridgehead atoms. The van der Waals surface area contributed by atoms with Gasteiger partial charge in [-0.15, -0.1) is 0 Å². The van der Waals surface area contributed by atoms with Crippen LogP contribution in [0, 0.1) is 0 Å². The number of hydrogen-bond acceptors (Lipinski definition) is 5. The summed E-state index contributed by atoms with van der Waals surface area (Å²) in [4.78, 5) is 8.72. The van der Waals surface area contributed by atoms with Crippen LogP contribution in [-0.4, -0.2) is 36.3 Å². The number of ether oxygens (including phenoxy) is 2. The molecular formula is C13H23N3O2. The first-order chi connectivity index (χ1) is 8.65. The van der Waals surface area contributed by atoms with Gasteiger partial charge in [0.1, 0.15) is 18.2 Å². The fourth-order valence-corrected chi connectivity index (χ4v) is 1.44. The molecule has 0 aromatic carbocycles. The van der Waals surface area contributed by atoms with Gasteiger partial charge in [0.15, 0.2) is 0 Å². The smallest absolute Gasteiger partial charge is 0.218 e. The Kier molecular flexibility index (Phi) is 6.43. The predicted octanol–water partition coefficient (Wildman–Crippen LogP) is 2.27. The molecule has 0 fully saturated rings. The third-order valence-corrected chi connectivity index (χ3v) is 2.26. The summed E-state index contributed by atoms with van der Waals surface area (Å²) in [7, 11) is 1.84. The molecule has 1 heterocycles.